The van der Waals surface area contributed by atoms with Crippen molar-refractivity contribution in [3.8, 4) is 0 Å². The topological polar surface area (TPSA) is 60.9 Å². The predicted molar refractivity (Wildman–Crippen MR) is 48.0 cm³/mol. The smallest absolute Gasteiger partial charge is 0.236 e. The maximum Gasteiger partial charge on any atom is 0.236 e. The molecule has 2 aromatic heterocycles. The van der Waals surface area contributed by atoms with Crippen molar-refractivity contribution in [2.45, 2.75) is 13.5 Å². The summed E-state index contributed by atoms with van der Waals surface area (Å²) in [7, 11) is 0. The molecule has 0 N–H and O–H groups in total. The number of rotatable bonds is 3. The summed E-state index contributed by atoms with van der Waals surface area (Å²) in [5, 5.41) is 7.55. The largest absolute Gasteiger partial charge is 0.424 e. The van der Waals surface area contributed by atoms with E-state index < -0.39 is 0 Å². The Hall–Kier alpha value is -1.91. The van der Waals surface area contributed by atoms with E-state index in [-0.39, 0.29) is 0 Å². The molecule has 0 aliphatic heterocycles. The van der Waals surface area contributed by atoms with Crippen molar-refractivity contribution in [1.29, 1.82) is 0 Å². The van der Waals surface area contributed by atoms with E-state index in [1.807, 2.05) is 0 Å². The number of carbonyl (C=O) groups excluding carboxylic acids is 1. The number of hydrogen-bond acceptors (Lipinski definition) is 4. The lowest BCUT2D eigenvalue weighted by Crippen LogP contribution is -2.02. The zero-order valence-electron chi connectivity index (χ0n) is 7.67. The van der Waals surface area contributed by atoms with E-state index in [1.165, 1.54) is 0 Å². The monoisotopic (exact) mass is 191 g/mol. The molecule has 72 valence electrons. The highest BCUT2D eigenvalue weighted by molar-refractivity contribution is 5.72. The molecule has 0 amide bonds. The van der Waals surface area contributed by atoms with Crippen LogP contribution < -0.4 is 0 Å². The van der Waals surface area contributed by atoms with Crippen LogP contribution in [0.25, 0.3) is 0 Å². The van der Waals surface area contributed by atoms with Gasteiger partial charge in [-0.05, 0) is 12.1 Å². The lowest BCUT2D eigenvalue weighted by Gasteiger charge is -1.99. The van der Waals surface area contributed by atoms with Crippen LogP contribution in [0.5, 0.6) is 0 Å². The average molecular weight is 191 g/mol. The number of aromatic nitrogens is 3. The summed E-state index contributed by atoms with van der Waals surface area (Å²) < 4.78 is 6.95. The number of hydrogen-bond donors (Lipinski definition) is 0. The first kappa shape index (κ1) is 8.68. The Balaban J connectivity index is 2.22. The summed E-state index contributed by atoms with van der Waals surface area (Å²) in [4.78, 5) is 10.6. The third kappa shape index (κ3) is 1.56. The molecule has 14 heavy (non-hydrogen) atoms. The van der Waals surface area contributed by atoms with E-state index >= 15 is 0 Å². The lowest BCUT2D eigenvalue weighted by atomic mass is 10.4. The number of aryl methyl sites for hydroxylation is 1. The van der Waals surface area contributed by atoms with E-state index in [1.54, 1.807) is 29.8 Å². The lowest BCUT2D eigenvalue weighted by molar-refractivity contribution is 0.111. The summed E-state index contributed by atoms with van der Waals surface area (Å²) in [6.45, 7) is 2.16. The molecule has 5 nitrogen and oxygen atoms in total. The van der Waals surface area contributed by atoms with Crippen molar-refractivity contribution in [1.82, 2.24) is 14.8 Å². The first-order valence-electron chi connectivity index (χ1n) is 4.19. The first-order chi connectivity index (χ1) is 6.79. The zero-order chi connectivity index (χ0) is 9.97. The second-order valence-electron chi connectivity index (χ2n) is 2.89. The van der Waals surface area contributed by atoms with Crippen LogP contribution >= 0.6 is 0 Å². The third-order valence-electron chi connectivity index (χ3n) is 1.86. The molecule has 0 fully saturated rings. The van der Waals surface area contributed by atoms with Crippen molar-refractivity contribution >= 4 is 6.29 Å². The molecule has 5 heteroatoms. The number of carbonyl (C=O) groups is 1. The molecule has 0 spiro atoms. The van der Waals surface area contributed by atoms with Gasteiger partial charge >= 0.3 is 0 Å². The molecule has 0 atom stereocenters. The minimum Gasteiger partial charge on any atom is -0.424 e. The van der Waals surface area contributed by atoms with Crippen LogP contribution in [0.4, 0.5) is 0 Å². The second-order valence-corrected chi connectivity index (χ2v) is 2.89. The highest BCUT2D eigenvalue weighted by atomic mass is 16.4. The van der Waals surface area contributed by atoms with Crippen LogP contribution in [0.1, 0.15) is 22.3 Å². The number of nitrogens with zero attached hydrogens (tertiary/aromatic N) is 3. The molecule has 0 aromatic carbocycles. The third-order valence-corrected chi connectivity index (χ3v) is 1.86. The minimum absolute atomic E-state index is 0.432. The van der Waals surface area contributed by atoms with Crippen LogP contribution in [0, 0.1) is 6.92 Å². The van der Waals surface area contributed by atoms with Crippen molar-refractivity contribution in [3.05, 3.63) is 35.8 Å². The molecular formula is C9H9N3O2. The highest BCUT2D eigenvalue weighted by Crippen LogP contribution is 2.05. The standard InChI is InChI=1S/C9H9N3O2/c1-7-10-11-9(14-7)5-12-4-2-3-8(12)6-13/h2-4,6H,5H2,1H3. The van der Waals surface area contributed by atoms with Crippen molar-refractivity contribution in [3.63, 3.8) is 0 Å². The summed E-state index contributed by atoms with van der Waals surface area (Å²) in [5.41, 5.74) is 0.598. The Morgan fingerprint density at radius 3 is 3.07 bits per heavy atom. The Labute approximate surface area is 80.4 Å². The van der Waals surface area contributed by atoms with Crippen LogP contribution in [-0.4, -0.2) is 21.1 Å². The summed E-state index contributed by atoms with van der Waals surface area (Å²) >= 11 is 0. The first-order valence-corrected chi connectivity index (χ1v) is 4.19. The van der Waals surface area contributed by atoms with Crippen LogP contribution in [0.2, 0.25) is 0 Å². The van der Waals surface area contributed by atoms with Gasteiger partial charge in [0.1, 0.15) is 6.54 Å². The van der Waals surface area contributed by atoms with E-state index in [4.69, 9.17) is 4.42 Å². The summed E-state index contributed by atoms with van der Waals surface area (Å²) in [6.07, 6.45) is 2.59. The molecule has 2 rings (SSSR count). The van der Waals surface area contributed by atoms with E-state index in [9.17, 15) is 4.79 Å². The molecule has 0 saturated carbocycles. The summed E-state index contributed by atoms with van der Waals surface area (Å²) in [5.74, 6) is 1.03. The normalized spacial score (nSPS) is 10.4. The molecule has 0 radical (unpaired) electrons. The Bertz CT molecular complexity index is 444. The van der Waals surface area contributed by atoms with E-state index in [2.05, 4.69) is 10.2 Å². The maximum atomic E-state index is 10.6. The quantitative estimate of drug-likeness (QED) is 0.680. The van der Waals surface area contributed by atoms with Gasteiger partial charge in [-0.1, -0.05) is 0 Å². The molecular weight excluding hydrogens is 182 g/mol. The Morgan fingerprint density at radius 1 is 1.57 bits per heavy atom. The van der Waals surface area contributed by atoms with E-state index in [0.29, 0.717) is 24.0 Å². The zero-order valence-corrected chi connectivity index (χ0v) is 7.67. The van der Waals surface area contributed by atoms with Crippen LogP contribution in [0.3, 0.4) is 0 Å². The molecule has 0 aliphatic rings. The van der Waals surface area contributed by atoms with Gasteiger partial charge in [0, 0.05) is 13.1 Å². The maximum absolute atomic E-state index is 10.6. The SMILES string of the molecule is Cc1nnc(Cn2cccc2C=O)o1. The fourth-order valence-electron chi connectivity index (χ4n) is 1.23. The number of aldehydes is 1. The van der Waals surface area contributed by atoms with Gasteiger partial charge in [0.15, 0.2) is 6.29 Å². The second kappa shape index (κ2) is 3.45. The van der Waals surface area contributed by atoms with E-state index in [0.717, 1.165) is 6.29 Å². The summed E-state index contributed by atoms with van der Waals surface area (Å²) in [6, 6.07) is 3.53. The Morgan fingerprint density at radius 2 is 2.43 bits per heavy atom. The van der Waals surface area contributed by atoms with Gasteiger partial charge in [-0.15, -0.1) is 10.2 Å². The van der Waals surface area contributed by atoms with Crippen LogP contribution in [-0.2, 0) is 6.54 Å². The molecule has 2 heterocycles. The van der Waals surface area contributed by atoms with Gasteiger partial charge in [-0.2, -0.15) is 0 Å². The molecule has 0 bridgehead atoms. The van der Waals surface area contributed by atoms with Gasteiger partial charge in [0.05, 0.1) is 5.69 Å². The molecule has 0 aliphatic carbocycles. The van der Waals surface area contributed by atoms with Crippen molar-refractivity contribution in [2.75, 3.05) is 0 Å². The predicted octanol–water partition coefficient (Wildman–Crippen LogP) is 1.04. The van der Waals surface area contributed by atoms with Gasteiger partial charge in [-0.3, -0.25) is 4.79 Å². The molecule has 0 unspecified atom stereocenters. The fraction of sp³-hybridized carbons (Fsp3) is 0.222. The molecule has 0 saturated heterocycles. The fourth-order valence-corrected chi connectivity index (χ4v) is 1.23. The average Bonchev–Trinajstić information content (AvgIpc) is 2.76. The minimum atomic E-state index is 0.432. The van der Waals surface area contributed by atoms with Gasteiger partial charge in [-0.25, -0.2) is 0 Å². The van der Waals surface area contributed by atoms with Crippen LogP contribution in [0.15, 0.2) is 22.7 Å². The Kier molecular flexibility index (Phi) is 2.14. The molecule has 2 aromatic rings. The highest BCUT2D eigenvalue weighted by Gasteiger charge is 2.05. The van der Waals surface area contributed by atoms with Gasteiger partial charge in [0.25, 0.3) is 0 Å². The van der Waals surface area contributed by atoms with Crippen molar-refractivity contribution < 1.29 is 9.21 Å². The van der Waals surface area contributed by atoms with Crippen molar-refractivity contribution in [2.24, 2.45) is 0 Å². The van der Waals surface area contributed by atoms with Gasteiger partial charge < -0.3 is 8.98 Å². The van der Waals surface area contributed by atoms with Gasteiger partial charge in [0.2, 0.25) is 11.8 Å².